The number of hydrogen-bond donors (Lipinski definition) is 0. The SMILES string of the molecule is CC1CC(C)OC(C(F)(F)F)C1. The zero-order valence-electron chi connectivity index (χ0n) is 7.19. The molecule has 0 N–H and O–H groups in total. The van der Waals surface area contributed by atoms with E-state index in [2.05, 4.69) is 0 Å². The Hall–Kier alpha value is -0.250. The van der Waals surface area contributed by atoms with Gasteiger partial charge in [0, 0.05) is 0 Å². The number of ether oxygens (including phenoxy) is 1. The molecule has 1 saturated heterocycles. The van der Waals surface area contributed by atoms with E-state index in [4.69, 9.17) is 4.74 Å². The lowest BCUT2D eigenvalue weighted by Gasteiger charge is -2.33. The Labute approximate surface area is 69.9 Å². The number of hydrogen-bond acceptors (Lipinski definition) is 1. The molecule has 72 valence electrons. The number of halogens is 3. The van der Waals surface area contributed by atoms with Crippen molar-refractivity contribution in [3.63, 3.8) is 0 Å². The maximum atomic E-state index is 12.2. The topological polar surface area (TPSA) is 9.23 Å². The average Bonchev–Trinajstić information content (AvgIpc) is 1.82. The molecule has 1 nitrogen and oxygen atoms in total. The zero-order valence-corrected chi connectivity index (χ0v) is 7.19. The number of alkyl halides is 3. The fourth-order valence-corrected chi connectivity index (χ4v) is 1.63. The zero-order chi connectivity index (χ0) is 9.35. The summed E-state index contributed by atoms with van der Waals surface area (Å²) in [4.78, 5) is 0. The monoisotopic (exact) mass is 182 g/mol. The third-order valence-corrected chi connectivity index (χ3v) is 2.11. The molecule has 3 unspecified atom stereocenters. The van der Waals surface area contributed by atoms with Gasteiger partial charge in [0.25, 0.3) is 0 Å². The van der Waals surface area contributed by atoms with Gasteiger partial charge in [-0.05, 0) is 25.7 Å². The summed E-state index contributed by atoms with van der Waals surface area (Å²) >= 11 is 0. The summed E-state index contributed by atoms with van der Waals surface area (Å²) in [5.41, 5.74) is 0. The second-order valence-corrected chi connectivity index (χ2v) is 3.55. The minimum absolute atomic E-state index is 0.105. The highest BCUT2D eigenvalue weighted by Crippen LogP contribution is 2.34. The molecule has 0 saturated carbocycles. The van der Waals surface area contributed by atoms with Crippen molar-refractivity contribution in [2.24, 2.45) is 5.92 Å². The number of rotatable bonds is 0. The highest BCUT2D eigenvalue weighted by atomic mass is 19.4. The van der Waals surface area contributed by atoms with Crippen molar-refractivity contribution in [2.75, 3.05) is 0 Å². The molecule has 1 rings (SSSR count). The quantitative estimate of drug-likeness (QED) is 0.559. The van der Waals surface area contributed by atoms with Gasteiger partial charge in [0.1, 0.15) is 0 Å². The molecule has 0 aromatic carbocycles. The van der Waals surface area contributed by atoms with Crippen LogP contribution in [0.3, 0.4) is 0 Å². The minimum Gasteiger partial charge on any atom is -0.366 e. The molecule has 0 aliphatic carbocycles. The van der Waals surface area contributed by atoms with E-state index in [1.54, 1.807) is 6.92 Å². The first-order valence-corrected chi connectivity index (χ1v) is 4.11. The lowest BCUT2D eigenvalue weighted by molar-refractivity contribution is -0.248. The first-order chi connectivity index (χ1) is 5.39. The van der Waals surface area contributed by atoms with E-state index in [9.17, 15) is 13.2 Å². The van der Waals surface area contributed by atoms with E-state index in [-0.39, 0.29) is 18.4 Å². The van der Waals surface area contributed by atoms with Crippen LogP contribution in [0.2, 0.25) is 0 Å². The Bertz CT molecular complexity index is 145. The third-order valence-electron chi connectivity index (χ3n) is 2.11. The molecule has 1 aliphatic heterocycles. The van der Waals surface area contributed by atoms with Crippen LogP contribution in [0.4, 0.5) is 13.2 Å². The van der Waals surface area contributed by atoms with E-state index in [0.29, 0.717) is 0 Å². The first-order valence-electron chi connectivity index (χ1n) is 4.11. The Balaban J connectivity index is 2.55. The minimum atomic E-state index is -4.19. The van der Waals surface area contributed by atoms with Crippen molar-refractivity contribution in [3.05, 3.63) is 0 Å². The molecule has 0 spiro atoms. The maximum Gasteiger partial charge on any atom is 0.414 e. The van der Waals surface area contributed by atoms with Crippen molar-refractivity contribution in [2.45, 2.75) is 45.1 Å². The fourth-order valence-electron chi connectivity index (χ4n) is 1.63. The molecule has 3 atom stereocenters. The van der Waals surface area contributed by atoms with E-state index in [0.717, 1.165) is 6.42 Å². The largest absolute Gasteiger partial charge is 0.414 e. The Morgan fingerprint density at radius 2 is 1.75 bits per heavy atom. The molecule has 4 heteroatoms. The summed E-state index contributed by atoms with van der Waals surface area (Å²) < 4.78 is 41.3. The molecule has 0 bridgehead atoms. The van der Waals surface area contributed by atoms with Crippen molar-refractivity contribution in [1.29, 1.82) is 0 Å². The van der Waals surface area contributed by atoms with Gasteiger partial charge < -0.3 is 4.74 Å². The van der Waals surface area contributed by atoms with Gasteiger partial charge in [0.15, 0.2) is 6.10 Å². The molecular weight excluding hydrogens is 169 g/mol. The van der Waals surface area contributed by atoms with Crippen molar-refractivity contribution >= 4 is 0 Å². The molecule has 0 radical (unpaired) electrons. The van der Waals surface area contributed by atoms with Gasteiger partial charge in [-0.3, -0.25) is 0 Å². The molecule has 0 aromatic heterocycles. The second-order valence-electron chi connectivity index (χ2n) is 3.55. The predicted molar refractivity (Wildman–Crippen MR) is 38.8 cm³/mol. The van der Waals surface area contributed by atoms with Crippen LogP contribution in [0.1, 0.15) is 26.7 Å². The van der Waals surface area contributed by atoms with Crippen LogP contribution < -0.4 is 0 Å². The van der Waals surface area contributed by atoms with E-state index in [1.807, 2.05) is 6.92 Å². The lowest BCUT2D eigenvalue weighted by atomic mass is 9.94. The molecule has 0 amide bonds. The molecule has 1 aliphatic rings. The summed E-state index contributed by atoms with van der Waals surface area (Å²) in [7, 11) is 0. The summed E-state index contributed by atoms with van der Waals surface area (Å²) in [6, 6.07) is 0. The van der Waals surface area contributed by atoms with Crippen molar-refractivity contribution < 1.29 is 17.9 Å². The van der Waals surface area contributed by atoms with Crippen LogP contribution in [0, 0.1) is 5.92 Å². The van der Waals surface area contributed by atoms with Gasteiger partial charge in [-0.15, -0.1) is 0 Å². The summed E-state index contributed by atoms with van der Waals surface area (Å²) in [6.07, 6.45) is -5.17. The van der Waals surface area contributed by atoms with Crippen LogP contribution >= 0.6 is 0 Å². The lowest BCUT2D eigenvalue weighted by Crippen LogP contribution is -2.40. The van der Waals surface area contributed by atoms with E-state index >= 15 is 0 Å². The van der Waals surface area contributed by atoms with Crippen molar-refractivity contribution in [1.82, 2.24) is 0 Å². The third kappa shape index (κ3) is 2.37. The first kappa shape index (κ1) is 9.84. The van der Waals surface area contributed by atoms with E-state index < -0.39 is 12.3 Å². The van der Waals surface area contributed by atoms with Crippen LogP contribution in [0.15, 0.2) is 0 Å². The van der Waals surface area contributed by atoms with Gasteiger partial charge in [0.2, 0.25) is 0 Å². The Kier molecular flexibility index (Phi) is 2.66. The maximum absolute atomic E-state index is 12.2. The van der Waals surface area contributed by atoms with E-state index in [1.165, 1.54) is 0 Å². The predicted octanol–water partition coefficient (Wildman–Crippen LogP) is 2.75. The summed E-state index contributed by atoms with van der Waals surface area (Å²) in [6.45, 7) is 3.52. The highest BCUT2D eigenvalue weighted by Gasteiger charge is 2.44. The smallest absolute Gasteiger partial charge is 0.366 e. The molecule has 0 aromatic rings. The molecule has 1 fully saturated rings. The van der Waals surface area contributed by atoms with Crippen LogP contribution in [0.25, 0.3) is 0 Å². The molecular formula is C8H13F3O. The van der Waals surface area contributed by atoms with Crippen LogP contribution in [0.5, 0.6) is 0 Å². The standard InChI is InChI=1S/C8H13F3O/c1-5-3-6(2)12-7(4-5)8(9,10)11/h5-7H,3-4H2,1-2H3. The fraction of sp³-hybridized carbons (Fsp3) is 1.00. The van der Waals surface area contributed by atoms with Gasteiger partial charge >= 0.3 is 6.18 Å². The molecule has 12 heavy (non-hydrogen) atoms. The molecule has 1 heterocycles. The second kappa shape index (κ2) is 3.24. The van der Waals surface area contributed by atoms with Gasteiger partial charge in [-0.25, -0.2) is 0 Å². The normalized spacial score (nSPS) is 38.2. The van der Waals surface area contributed by atoms with Crippen molar-refractivity contribution in [3.8, 4) is 0 Å². The summed E-state index contributed by atoms with van der Waals surface area (Å²) in [5, 5.41) is 0. The summed E-state index contributed by atoms with van der Waals surface area (Å²) in [5.74, 6) is 0.111. The average molecular weight is 182 g/mol. The van der Waals surface area contributed by atoms with Crippen LogP contribution in [-0.4, -0.2) is 18.4 Å². The Morgan fingerprint density at radius 3 is 2.17 bits per heavy atom. The van der Waals surface area contributed by atoms with Gasteiger partial charge in [-0.2, -0.15) is 13.2 Å². The van der Waals surface area contributed by atoms with Crippen LogP contribution in [-0.2, 0) is 4.74 Å². The highest BCUT2D eigenvalue weighted by molar-refractivity contribution is 4.78. The Morgan fingerprint density at radius 1 is 1.17 bits per heavy atom. The van der Waals surface area contributed by atoms with Gasteiger partial charge in [0.05, 0.1) is 6.10 Å². The van der Waals surface area contributed by atoms with Gasteiger partial charge in [-0.1, -0.05) is 6.92 Å².